The van der Waals surface area contributed by atoms with Crippen LogP contribution in [0.1, 0.15) is 70.2 Å². The number of carbonyl (C=O) groups is 2. The van der Waals surface area contributed by atoms with Gasteiger partial charge in [-0.15, -0.1) is 0 Å². The summed E-state index contributed by atoms with van der Waals surface area (Å²) in [6.45, 7) is 1.38. The lowest BCUT2D eigenvalue weighted by molar-refractivity contribution is -0.144. The molecule has 14 heteroatoms. The lowest BCUT2D eigenvalue weighted by Crippen LogP contribution is -2.28. The van der Waals surface area contributed by atoms with Crippen LogP contribution in [-0.2, 0) is 29.9 Å². The predicted molar refractivity (Wildman–Crippen MR) is 337 cm³/mol. The minimum atomic E-state index is -0.560. The van der Waals surface area contributed by atoms with E-state index in [1.165, 1.54) is 44.5 Å². The van der Waals surface area contributed by atoms with E-state index in [0.29, 0.717) is 47.4 Å². The van der Waals surface area contributed by atoms with Crippen LogP contribution in [0.25, 0.3) is 22.3 Å². The lowest BCUT2D eigenvalue weighted by atomic mass is 9.68. The molecular weight excluding hydrogens is 1110 g/mol. The van der Waals surface area contributed by atoms with Gasteiger partial charge in [-0.2, -0.15) is 50.5 Å². The summed E-state index contributed by atoms with van der Waals surface area (Å²) in [7, 11) is 0. The van der Waals surface area contributed by atoms with E-state index in [1.807, 2.05) is 48.5 Å². The van der Waals surface area contributed by atoms with Crippen LogP contribution < -0.4 is 18.9 Å². The van der Waals surface area contributed by atoms with E-state index >= 15 is 0 Å². The fourth-order valence-corrected chi connectivity index (χ4v) is 12.0. The van der Waals surface area contributed by atoms with Crippen molar-refractivity contribution in [3.05, 3.63) is 239 Å². The number of ether oxygens (including phenoxy) is 6. The van der Waals surface area contributed by atoms with Crippen LogP contribution in [0.5, 0.6) is 23.0 Å². The number of esters is 2. The molecule has 2 atom stereocenters. The summed E-state index contributed by atoms with van der Waals surface area (Å²) in [5.74, 6) is 4.42. The molecule has 0 aromatic heterocycles. The molecule has 0 heterocycles. The first kappa shape index (κ1) is 59.8. The Morgan fingerprint density at radius 3 is 0.890 bits per heavy atom. The highest BCUT2D eigenvalue weighted by atomic mass is 32.1. The molecule has 8 aromatic rings. The topological polar surface area (TPSA) is 130 Å². The van der Waals surface area contributed by atoms with Gasteiger partial charge in [0.05, 0.1) is 35.9 Å². The van der Waals surface area contributed by atoms with E-state index in [4.69, 9.17) is 28.4 Å². The third kappa shape index (κ3) is 13.3. The Hall–Kier alpha value is -6.78. The van der Waals surface area contributed by atoms with Crippen molar-refractivity contribution >= 4 is 62.5 Å². The summed E-state index contributed by atoms with van der Waals surface area (Å²) in [6.07, 6.45) is 0.658. The van der Waals surface area contributed by atoms with Gasteiger partial charge >= 0.3 is 11.9 Å². The smallest absolute Gasteiger partial charge is 0.306 e. The summed E-state index contributed by atoms with van der Waals surface area (Å²) in [4.78, 5) is 23.2. The normalized spacial score (nSPS) is 13.6. The maximum absolute atomic E-state index is 11.6. The first-order chi connectivity index (χ1) is 40.1. The molecule has 0 fully saturated rings. The van der Waals surface area contributed by atoms with Crippen LogP contribution in [0.3, 0.4) is 0 Å². The maximum Gasteiger partial charge on any atom is 0.306 e. The SMILES string of the molecule is O=C(CCS)OCCOc1ccc(C2(c3ccc(OCCOC(=O)CCS)cc3)c3ccccc3-c3ccccc32)cc1.OC(CCS)COc1ccc(C2(c3ccc(OCC(O)CCS)cc3)c3ccccc3-c3ccccc32)cc1. The number of fused-ring (bicyclic) bond motifs is 6. The number of benzene rings is 8. The van der Waals surface area contributed by atoms with Gasteiger partial charge in [0.15, 0.2) is 0 Å². The van der Waals surface area contributed by atoms with Crippen LogP contribution in [-0.4, -0.2) is 97.0 Å². The van der Waals surface area contributed by atoms with Gasteiger partial charge in [-0.25, -0.2) is 0 Å². The molecule has 8 aromatic carbocycles. The Kier molecular flexibility index (Phi) is 21.1. The van der Waals surface area contributed by atoms with Gasteiger partial charge in [-0.3, -0.25) is 9.59 Å². The molecule has 2 aliphatic carbocycles. The van der Waals surface area contributed by atoms with Gasteiger partial charge in [0.1, 0.15) is 62.6 Å². The van der Waals surface area contributed by atoms with Crippen molar-refractivity contribution in [2.24, 2.45) is 0 Å². The van der Waals surface area contributed by atoms with Crippen molar-refractivity contribution in [1.82, 2.24) is 0 Å². The quantitative estimate of drug-likeness (QED) is 0.0177. The molecular formula is C68H68O10S4. The van der Waals surface area contributed by atoms with Crippen LogP contribution in [0.2, 0.25) is 0 Å². The molecule has 424 valence electrons. The molecule has 2 N–H and O–H groups in total. The Bertz CT molecular complexity index is 3130. The van der Waals surface area contributed by atoms with Crippen molar-refractivity contribution < 1.29 is 48.2 Å². The Balaban J connectivity index is 0.000000198. The predicted octanol–water partition coefficient (Wildman–Crippen LogP) is 12.7. The summed E-state index contributed by atoms with van der Waals surface area (Å²) in [6, 6.07) is 66.9. The van der Waals surface area contributed by atoms with Crippen LogP contribution in [0.4, 0.5) is 0 Å². The first-order valence-corrected chi connectivity index (χ1v) is 30.1. The highest BCUT2D eigenvalue weighted by molar-refractivity contribution is 7.80. The number of thiol groups is 4. The monoisotopic (exact) mass is 1170 g/mol. The largest absolute Gasteiger partial charge is 0.491 e. The van der Waals surface area contributed by atoms with E-state index < -0.39 is 23.0 Å². The number of rotatable bonds is 26. The van der Waals surface area contributed by atoms with Crippen LogP contribution in [0, 0.1) is 0 Å². The molecule has 0 amide bonds. The third-order valence-corrected chi connectivity index (χ3v) is 15.7. The van der Waals surface area contributed by atoms with Crippen molar-refractivity contribution in [3.8, 4) is 45.3 Å². The number of hydrogen-bond donors (Lipinski definition) is 6. The molecule has 2 unspecified atom stereocenters. The van der Waals surface area contributed by atoms with E-state index in [2.05, 4.69) is 196 Å². The van der Waals surface area contributed by atoms with Crippen molar-refractivity contribution in [2.75, 3.05) is 62.7 Å². The van der Waals surface area contributed by atoms with Gasteiger partial charge in [0.25, 0.3) is 0 Å². The average Bonchev–Trinajstić information content (AvgIpc) is 1.71. The lowest BCUT2D eigenvalue weighted by Gasteiger charge is -2.34. The molecule has 0 spiro atoms. The van der Waals surface area contributed by atoms with E-state index in [1.54, 1.807) is 0 Å². The number of aliphatic hydroxyl groups is 2. The Morgan fingerprint density at radius 1 is 0.354 bits per heavy atom. The highest BCUT2D eigenvalue weighted by Gasteiger charge is 2.47. The van der Waals surface area contributed by atoms with E-state index in [0.717, 1.165) is 33.8 Å². The van der Waals surface area contributed by atoms with Crippen molar-refractivity contribution in [2.45, 2.75) is 48.7 Å². The van der Waals surface area contributed by atoms with Gasteiger partial charge < -0.3 is 38.6 Å². The molecule has 0 bridgehead atoms. The average molecular weight is 1170 g/mol. The molecule has 0 saturated carbocycles. The maximum atomic E-state index is 11.6. The molecule has 0 aliphatic heterocycles. The number of hydrogen-bond acceptors (Lipinski definition) is 14. The Morgan fingerprint density at radius 2 is 0.622 bits per heavy atom. The van der Waals surface area contributed by atoms with Crippen molar-refractivity contribution in [3.63, 3.8) is 0 Å². The summed E-state index contributed by atoms with van der Waals surface area (Å²) in [5, 5.41) is 20.1. The molecule has 0 radical (unpaired) electrons. The van der Waals surface area contributed by atoms with Crippen LogP contribution >= 0.6 is 50.5 Å². The second-order valence-corrected chi connectivity index (χ2v) is 21.6. The summed E-state index contributed by atoms with van der Waals surface area (Å²) >= 11 is 16.5. The number of carbonyl (C=O) groups excluding carboxylic acids is 2. The van der Waals surface area contributed by atoms with E-state index in [9.17, 15) is 19.8 Å². The van der Waals surface area contributed by atoms with Gasteiger partial charge in [0, 0.05) is 11.5 Å². The zero-order chi connectivity index (χ0) is 57.3. The van der Waals surface area contributed by atoms with Gasteiger partial charge in [-0.05, 0) is 140 Å². The van der Waals surface area contributed by atoms with Gasteiger partial charge in [0.2, 0.25) is 0 Å². The second-order valence-electron chi connectivity index (χ2n) is 19.8. The minimum Gasteiger partial charge on any atom is -0.491 e. The molecule has 82 heavy (non-hydrogen) atoms. The second kappa shape index (κ2) is 29.0. The Labute approximate surface area is 502 Å². The van der Waals surface area contributed by atoms with E-state index in [-0.39, 0.29) is 64.4 Å². The van der Waals surface area contributed by atoms with Crippen LogP contribution in [0.15, 0.2) is 194 Å². The standard InChI is InChI=1S/C35H34O6S2.C33H34O4S2/c36-33(17-23-42)40-21-19-38-27-13-9-25(10-14-27)35(31-7-3-1-5-29(31)30-6-2-4-8-32(30)35)26-11-15-28(16-12-26)39-20-22-41-34(37)18-24-43;34-25(17-19-38)21-36-27-13-9-23(10-14-27)33(24-11-15-28(16-12-24)37-22-26(35)18-20-39)31-7-3-1-5-29(31)30-6-2-4-8-32(30)33/h1-16,42-43H,17-24H2;1-16,25-26,34-35,38-39H,17-22H2. The fraction of sp³-hybridized carbons (Fsp3) is 0.265. The summed E-state index contributed by atoms with van der Waals surface area (Å²) in [5.41, 5.74) is 13.1. The molecule has 2 aliphatic rings. The third-order valence-electron chi connectivity index (χ3n) is 14.7. The first-order valence-electron chi connectivity index (χ1n) is 27.6. The molecule has 10 rings (SSSR count). The minimum absolute atomic E-state index is 0.186. The molecule has 0 saturated heterocycles. The van der Waals surface area contributed by atoms with Crippen molar-refractivity contribution in [1.29, 1.82) is 0 Å². The zero-order valence-electron chi connectivity index (χ0n) is 45.5. The molecule has 10 nitrogen and oxygen atoms in total. The zero-order valence-corrected chi connectivity index (χ0v) is 49.1. The van der Waals surface area contributed by atoms with Gasteiger partial charge in [-0.1, -0.05) is 146 Å². The fourth-order valence-electron chi connectivity index (χ4n) is 11.1. The highest BCUT2D eigenvalue weighted by Crippen LogP contribution is 2.58. The number of aliphatic hydroxyl groups excluding tert-OH is 2. The summed E-state index contributed by atoms with van der Waals surface area (Å²) < 4.78 is 33.8.